The van der Waals surface area contributed by atoms with Crippen molar-refractivity contribution in [2.45, 2.75) is 31.2 Å². The smallest absolute Gasteiger partial charge is 0.0958 e. The molecule has 3 heteroatoms. The molecular formula is C16H19N3. The van der Waals surface area contributed by atoms with E-state index in [2.05, 4.69) is 33.8 Å². The molecular weight excluding hydrogens is 234 g/mol. The quantitative estimate of drug-likeness (QED) is 0.849. The van der Waals surface area contributed by atoms with E-state index in [0.29, 0.717) is 5.92 Å². The van der Waals surface area contributed by atoms with Crippen LogP contribution in [0.4, 0.5) is 0 Å². The molecule has 1 spiro atoms. The molecule has 3 nitrogen and oxygen atoms in total. The third kappa shape index (κ3) is 1.39. The normalized spacial score (nSPS) is 28.4. The van der Waals surface area contributed by atoms with E-state index in [1.807, 2.05) is 12.5 Å². The molecule has 0 atom stereocenters. The standard InChI is InChI=1S/C16H19N3/c17-9-12-5-7-16(8-6-12)14-4-2-1-3-13(14)15-10-18-11-19(15)16/h1-4,10-12H,5-9,17H2. The summed E-state index contributed by atoms with van der Waals surface area (Å²) in [5, 5.41) is 0. The topological polar surface area (TPSA) is 43.8 Å². The van der Waals surface area contributed by atoms with Crippen molar-refractivity contribution in [1.29, 1.82) is 0 Å². The number of nitrogens with zero attached hydrogens (tertiary/aromatic N) is 2. The summed E-state index contributed by atoms with van der Waals surface area (Å²) in [6.07, 6.45) is 8.84. The lowest BCUT2D eigenvalue weighted by Crippen LogP contribution is -2.37. The highest BCUT2D eigenvalue weighted by atomic mass is 15.1. The monoisotopic (exact) mass is 253 g/mol. The number of rotatable bonds is 1. The largest absolute Gasteiger partial charge is 0.330 e. The predicted molar refractivity (Wildman–Crippen MR) is 75.8 cm³/mol. The van der Waals surface area contributed by atoms with E-state index in [9.17, 15) is 0 Å². The molecule has 1 aromatic heterocycles. The molecule has 1 saturated carbocycles. The number of imidazole rings is 1. The van der Waals surface area contributed by atoms with Crippen molar-refractivity contribution in [3.05, 3.63) is 42.4 Å². The van der Waals surface area contributed by atoms with E-state index >= 15 is 0 Å². The molecule has 4 rings (SSSR count). The van der Waals surface area contributed by atoms with E-state index in [0.717, 1.165) is 6.54 Å². The average Bonchev–Trinajstić information content (AvgIpc) is 3.04. The number of fused-ring (bicyclic) bond motifs is 5. The predicted octanol–water partition coefficient (Wildman–Crippen LogP) is 2.76. The van der Waals surface area contributed by atoms with Gasteiger partial charge in [-0.3, -0.25) is 0 Å². The van der Waals surface area contributed by atoms with Crippen LogP contribution in [0.1, 0.15) is 31.2 Å². The van der Waals surface area contributed by atoms with Gasteiger partial charge in [0.25, 0.3) is 0 Å². The van der Waals surface area contributed by atoms with Crippen molar-refractivity contribution in [3.8, 4) is 11.3 Å². The minimum absolute atomic E-state index is 0.147. The van der Waals surface area contributed by atoms with Gasteiger partial charge in [-0.25, -0.2) is 4.98 Å². The highest BCUT2D eigenvalue weighted by Gasteiger charge is 2.44. The maximum Gasteiger partial charge on any atom is 0.0958 e. The average molecular weight is 253 g/mol. The van der Waals surface area contributed by atoms with Gasteiger partial charge in [0.2, 0.25) is 0 Å². The molecule has 0 amide bonds. The molecule has 1 fully saturated rings. The van der Waals surface area contributed by atoms with E-state index in [-0.39, 0.29) is 5.54 Å². The Hall–Kier alpha value is -1.61. The molecule has 0 radical (unpaired) electrons. The number of hydrogen-bond donors (Lipinski definition) is 1. The van der Waals surface area contributed by atoms with Gasteiger partial charge < -0.3 is 10.3 Å². The van der Waals surface area contributed by atoms with Gasteiger partial charge in [-0.15, -0.1) is 0 Å². The van der Waals surface area contributed by atoms with Crippen molar-refractivity contribution in [2.24, 2.45) is 11.7 Å². The molecule has 0 bridgehead atoms. The van der Waals surface area contributed by atoms with E-state index in [4.69, 9.17) is 5.73 Å². The molecule has 19 heavy (non-hydrogen) atoms. The maximum atomic E-state index is 5.84. The molecule has 0 saturated heterocycles. The second-order valence-corrected chi connectivity index (χ2v) is 5.91. The van der Waals surface area contributed by atoms with E-state index in [1.165, 1.54) is 42.5 Å². The molecule has 1 aliphatic carbocycles. The van der Waals surface area contributed by atoms with Crippen LogP contribution < -0.4 is 5.73 Å². The van der Waals surface area contributed by atoms with Gasteiger partial charge in [-0.2, -0.15) is 0 Å². The second-order valence-electron chi connectivity index (χ2n) is 5.91. The van der Waals surface area contributed by atoms with Crippen molar-refractivity contribution in [3.63, 3.8) is 0 Å². The molecule has 1 aromatic carbocycles. The first-order valence-electron chi connectivity index (χ1n) is 7.18. The molecule has 2 heterocycles. The van der Waals surface area contributed by atoms with Crippen molar-refractivity contribution in [2.75, 3.05) is 6.54 Å². The van der Waals surface area contributed by atoms with Crippen molar-refractivity contribution < 1.29 is 0 Å². The molecule has 0 unspecified atom stereocenters. The summed E-state index contributed by atoms with van der Waals surface area (Å²) in [5.74, 6) is 0.699. The molecule has 1 aliphatic heterocycles. The summed E-state index contributed by atoms with van der Waals surface area (Å²) in [5.41, 5.74) is 10.1. The summed E-state index contributed by atoms with van der Waals surface area (Å²) in [7, 11) is 0. The molecule has 2 N–H and O–H groups in total. The lowest BCUT2D eigenvalue weighted by Gasteiger charge is -2.39. The van der Waals surface area contributed by atoms with Gasteiger partial charge in [-0.1, -0.05) is 24.3 Å². The SMILES string of the molecule is NCC1CCC2(CC1)c1ccccc1-c1cncn12. The maximum absolute atomic E-state index is 5.84. The van der Waals surface area contributed by atoms with Crippen LogP contribution >= 0.6 is 0 Å². The van der Waals surface area contributed by atoms with Crippen LogP contribution in [0.3, 0.4) is 0 Å². The Balaban J connectivity index is 1.85. The first-order valence-corrected chi connectivity index (χ1v) is 7.18. The minimum atomic E-state index is 0.147. The third-order valence-corrected chi connectivity index (χ3v) is 5.07. The van der Waals surface area contributed by atoms with E-state index < -0.39 is 0 Å². The van der Waals surface area contributed by atoms with Crippen molar-refractivity contribution in [1.82, 2.24) is 9.55 Å². The summed E-state index contributed by atoms with van der Waals surface area (Å²) in [6, 6.07) is 8.81. The van der Waals surface area contributed by atoms with Crippen LogP contribution in [0.15, 0.2) is 36.8 Å². The fourth-order valence-corrected chi connectivity index (χ4v) is 3.98. The van der Waals surface area contributed by atoms with Gasteiger partial charge >= 0.3 is 0 Å². The number of benzene rings is 1. The van der Waals surface area contributed by atoms with Crippen LogP contribution in [0.2, 0.25) is 0 Å². The first-order chi connectivity index (χ1) is 9.35. The van der Waals surface area contributed by atoms with Crippen LogP contribution in [-0.4, -0.2) is 16.1 Å². The molecule has 2 aromatic rings. The van der Waals surface area contributed by atoms with Gasteiger partial charge in [0.1, 0.15) is 0 Å². The lowest BCUT2D eigenvalue weighted by atomic mass is 9.73. The van der Waals surface area contributed by atoms with Gasteiger partial charge in [0.05, 0.1) is 23.8 Å². The third-order valence-electron chi connectivity index (χ3n) is 5.07. The second kappa shape index (κ2) is 3.94. The first kappa shape index (κ1) is 11.2. The Kier molecular flexibility index (Phi) is 2.33. The van der Waals surface area contributed by atoms with Gasteiger partial charge in [0, 0.05) is 5.56 Å². The summed E-state index contributed by atoms with van der Waals surface area (Å²) in [4.78, 5) is 4.37. The minimum Gasteiger partial charge on any atom is -0.330 e. The Morgan fingerprint density at radius 3 is 2.84 bits per heavy atom. The lowest BCUT2D eigenvalue weighted by molar-refractivity contribution is 0.208. The zero-order valence-corrected chi connectivity index (χ0v) is 11.0. The Morgan fingerprint density at radius 2 is 2.05 bits per heavy atom. The van der Waals surface area contributed by atoms with Crippen LogP contribution in [0.25, 0.3) is 11.3 Å². The van der Waals surface area contributed by atoms with Crippen LogP contribution in [-0.2, 0) is 5.54 Å². The number of aromatic nitrogens is 2. The molecule has 2 aliphatic rings. The Morgan fingerprint density at radius 1 is 1.26 bits per heavy atom. The van der Waals surface area contributed by atoms with Gasteiger partial charge in [-0.05, 0) is 43.7 Å². The number of nitrogens with two attached hydrogens (primary N) is 1. The fraction of sp³-hybridized carbons (Fsp3) is 0.438. The fourth-order valence-electron chi connectivity index (χ4n) is 3.98. The Bertz CT molecular complexity index is 606. The van der Waals surface area contributed by atoms with Crippen LogP contribution in [0.5, 0.6) is 0 Å². The Labute approximate surface area is 113 Å². The summed E-state index contributed by atoms with van der Waals surface area (Å²) < 4.78 is 2.41. The highest BCUT2D eigenvalue weighted by Crippen LogP contribution is 2.51. The van der Waals surface area contributed by atoms with Crippen LogP contribution in [0, 0.1) is 5.92 Å². The zero-order chi connectivity index (χ0) is 12.9. The highest BCUT2D eigenvalue weighted by molar-refractivity contribution is 5.70. The summed E-state index contributed by atoms with van der Waals surface area (Å²) >= 11 is 0. The zero-order valence-electron chi connectivity index (χ0n) is 11.0. The molecule has 98 valence electrons. The van der Waals surface area contributed by atoms with Crippen molar-refractivity contribution >= 4 is 0 Å². The number of hydrogen-bond acceptors (Lipinski definition) is 2. The summed E-state index contributed by atoms with van der Waals surface area (Å²) in [6.45, 7) is 0.828. The van der Waals surface area contributed by atoms with Gasteiger partial charge in [0.15, 0.2) is 0 Å². The van der Waals surface area contributed by atoms with E-state index in [1.54, 1.807) is 0 Å².